The molecule has 1 saturated heterocycles. The molecule has 2 N–H and O–H groups in total. The Bertz CT molecular complexity index is 1110. The SMILES string of the molecule is COc1ccc([C@@H]2Nc3ccccc3C(=O)N2Cc2ccccc2)cc1C[NH+]1CCOCC1. The highest BCUT2D eigenvalue weighted by Crippen LogP contribution is 2.35. The van der Waals surface area contributed by atoms with Crippen molar-refractivity contribution in [2.45, 2.75) is 19.3 Å². The van der Waals surface area contributed by atoms with Gasteiger partial charge in [0.15, 0.2) is 0 Å². The highest BCUT2D eigenvalue weighted by molar-refractivity contribution is 6.01. The molecule has 5 rings (SSSR count). The largest absolute Gasteiger partial charge is 0.496 e. The minimum atomic E-state index is -0.267. The smallest absolute Gasteiger partial charge is 0.258 e. The van der Waals surface area contributed by atoms with Crippen LogP contribution in [0, 0.1) is 0 Å². The maximum Gasteiger partial charge on any atom is 0.258 e. The van der Waals surface area contributed by atoms with Gasteiger partial charge >= 0.3 is 0 Å². The number of nitrogens with one attached hydrogen (secondary N) is 2. The van der Waals surface area contributed by atoms with Crippen molar-refractivity contribution in [3.8, 4) is 5.75 Å². The lowest BCUT2D eigenvalue weighted by Gasteiger charge is -2.38. The maximum absolute atomic E-state index is 13.6. The standard InChI is InChI=1S/C27H29N3O3/c1-32-25-12-11-21(17-22(25)19-29-13-15-33-16-14-29)26-28-24-10-6-5-9-23(24)27(31)30(26)18-20-7-3-2-4-8-20/h2-12,17,26,28H,13-16,18-19H2,1H3/p+1/t26-/m1/s1. The van der Waals surface area contributed by atoms with Crippen LogP contribution in [0.3, 0.4) is 0 Å². The van der Waals surface area contributed by atoms with Crippen molar-refractivity contribution in [2.24, 2.45) is 0 Å². The van der Waals surface area contributed by atoms with E-state index in [9.17, 15) is 4.79 Å². The molecule has 0 saturated carbocycles. The number of carbonyl (C=O) groups is 1. The van der Waals surface area contributed by atoms with Gasteiger partial charge in [-0.05, 0) is 35.4 Å². The Morgan fingerprint density at radius 1 is 1.03 bits per heavy atom. The first kappa shape index (κ1) is 21.5. The number of quaternary nitrogens is 1. The van der Waals surface area contributed by atoms with Crippen LogP contribution in [-0.2, 0) is 17.8 Å². The molecule has 0 aliphatic carbocycles. The Hall–Kier alpha value is -3.35. The lowest BCUT2D eigenvalue weighted by molar-refractivity contribution is -0.921. The molecule has 0 bridgehead atoms. The molecule has 2 aliphatic rings. The van der Waals surface area contributed by atoms with Gasteiger partial charge in [0.2, 0.25) is 0 Å². The Kier molecular flexibility index (Phi) is 6.28. The van der Waals surface area contributed by atoms with Crippen molar-refractivity contribution in [2.75, 3.05) is 38.7 Å². The molecule has 1 amide bonds. The number of benzene rings is 3. The predicted molar refractivity (Wildman–Crippen MR) is 127 cm³/mol. The first-order valence-corrected chi connectivity index (χ1v) is 11.5. The zero-order chi connectivity index (χ0) is 22.6. The minimum absolute atomic E-state index is 0.0365. The van der Waals surface area contributed by atoms with E-state index in [1.807, 2.05) is 53.4 Å². The lowest BCUT2D eigenvalue weighted by atomic mass is 10.0. The highest BCUT2D eigenvalue weighted by Gasteiger charge is 2.33. The summed E-state index contributed by atoms with van der Waals surface area (Å²) in [5.41, 5.74) is 4.88. The molecule has 0 spiro atoms. The molecule has 3 aromatic rings. The zero-order valence-electron chi connectivity index (χ0n) is 18.9. The van der Waals surface area contributed by atoms with Crippen LogP contribution in [0.4, 0.5) is 5.69 Å². The molecular weight excluding hydrogens is 414 g/mol. The van der Waals surface area contributed by atoms with Gasteiger partial charge in [0.25, 0.3) is 5.91 Å². The summed E-state index contributed by atoms with van der Waals surface area (Å²) in [6, 6.07) is 24.2. The third-order valence-corrected chi connectivity index (χ3v) is 6.48. The fourth-order valence-electron chi connectivity index (χ4n) is 4.71. The van der Waals surface area contributed by atoms with Gasteiger partial charge in [-0.1, -0.05) is 48.5 Å². The van der Waals surface area contributed by atoms with Crippen LogP contribution >= 0.6 is 0 Å². The fourth-order valence-corrected chi connectivity index (χ4v) is 4.71. The maximum atomic E-state index is 13.6. The van der Waals surface area contributed by atoms with E-state index in [0.29, 0.717) is 12.1 Å². The average Bonchev–Trinajstić information content (AvgIpc) is 2.87. The van der Waals surface area contributed by atoms with Crippen molar-refractivity contribution in [1.29, 1.82) is 0 Å². The van der Waals surface area contributed by atoms with Gasteiger partial charge in [-0.2, -0.15) is 0 Å². The normalized spacial score (nSPS) is 18.5. The number of morpholine rings is 1. The van der Waals surface area contributed by atoms with Gasteiger partial charge in [0.05, 0.1) is 25.9 Å². The molecule has 0 aromatic heterocycles. The molecule has 33 heavy (non-hydrogen) atoms. The molecule has 0 radical (unpaired) electrons. The van der Waals surface area contributed by atoms with E-state index in [1.165, 1.54) is 4.90 Å². The quantitative estimate of drug-likeness (QED) is 0.614. The summed E-state index contributed by atoms with van der Waals surface area (Å²) in [6.45, 7) is 4.95. The number of amides is 1. The lowest BCUT2D eigenvalue weighted by Crippen LogP contribution is -3.12. The number of rotatable bonds is 6. The fraction of sp³-hybridized carbons (Fsp3) is 0.296. The molecule has 6 heteroatoms. The van der Waals surface area contributed by atoms with Gasteiger partial charge in [-0.25, -0.2) is 0 Å². The number of hydrogen-bond acceptors (Lipinski definition) is 4. The van der Waals surface area contributed by atoms with Crippen LogP contribution in [0.5, 0.6) is 5.75 Å². The topological polar surface area (TPSA) is 55.2 Å². The van der Waals surface area contributed by atoms with E-state index >= 15 is 0 Å². The number of anilines is 1. The monoisotopic (exact) mass is 444 g/mol. The number of hydrogen-bond donors (Lipinski definition) is 2. The number of ether oxygens (including phenoxy) is 2. The van der Waals surface area contributed by atoms with Crippen molar-refractivity contribution >= 4 is 11.6 Å². The van der Waals surface area contributed by atoms with E-state index in [0.717, 1.165) is 61.0 Å². The molecule has 6 nitrogen and oxygen atoms in total. The van der Waals surface area contributed by atoms with Crippen LogP contribution < -0.4 is 15.0 Å². The summed E-state index contributed by atoms with van der Waals surface area (Å²) in [5.74, 6) is 0.921. The number of para-hydroxylation sites is 1. The summed E-state index contributed by atoms with van der Waals surface area (Å²) >= 11 is 0. The van der Waals surface area contributed by atoms with Crippen LogP contribution in [-0.4, -0.2) is 44.2 Å². The summed E-state index contributed by atoms with van der Waals surface area (Å²) in [4.78, 5) is 17.0. The molecular formula is C27H30N3O3+. The molecule has 0 unspecified atom stereocenters. The second-order valence-corrected chi connectivity index (χ2v) is 8.62. The van der Waals surface area contributed by atoms with Gasteiger partial charge in [0, 0.05) is 17.8 Å². The van der Waals surface area contributed by atoms with E-state index in [4.69, 9.17) is 9.47 Å². The Morgan fingerprint density at radius 3 is 2.58 bits per heavy atom. The number of fused-ring (bicyclic) bond motifs is 1. The minimum Gasteiger partial charge on any atom is -0.496 e. The van der Waals surface area contributed by atoms with Crippen molar-refractivity contribution < 1.29 is 19.2 Å². The Morgan fingerprint density at radius 2 is 1.79 bits per heavy atom. The summed E-state index contributed by atoms with van der Waals surface area (Å²) in [6.07, 6.45) is -0.267. The van der Waals surface area contributed by atoms with E-state index in [2.05, 4.69) is 29.6 Å². The van der Waals surface area contributed by atoms with E-state index in [-0.39, 0.29) is 12.1 Å². The van der Waals surface area contributed by atoms with Crippen LogP contribution in [0.1, 0.15) is 33.2 Å². The number of methoxy groups -OCH3 is 1. The summed E-state index contributed by atoms with van der Waals surface area (Å²) in [7, 11) is 1.72. The Labute approximate surface area is 194 Å². The molecule has 3 aromatic carbocycles. The average molecular weight is 445 g/mol. The summed E-state index contributed by atoms with van der Waals surface area (Å²) in [5, 5.41) is 3.62. The van der Waals surface area contributed by atoms with Crippen LogP contribution in [0.15, 0.2) is 72.8 Å². The summed E-state index contributed by atoms with van der Waals surface area (Å²) < 4.78 is 11.2. The highest BCUT2D eigenvalue weighted by atomic mass is 16.5. The molecule has 1 atom stereocenters. The predicted octanol–water partition coefficient (Wildman–Crippen LogP) is 2.88. The van der Waals surface area contributed by atoms with Crippen molar-refractivity contribution in [3.05, 3.63) is 95.1 Å². The molecule has 170 valence electrons. The second-order valence-electron chi connectivity index (χ2n) is 8.62. The second kappa shape index (κ2) is 9.65. The van der Waals surface area contributed by atoms with Crippen molar-refractivity contribution in [3.63, 3.8) is 0 Å². The van der Waals surface area contributed by atoms with E-state index < -0.39 is 0 Å². The molecule has 2 heterocycles. The molecule has 2 aliphatic heterocycles. The third kappa shape index (κ3) is 4.58. The first-order chi connectivity index (χ1) is 16.2. The zero-order valence-corrected chi connectivity index (χ0v) is 18.9. The third-order valence-electron chi connectivity index (χ3n) is 6.48. The molecule has 1 fully saturated rings. The van der Waals surface area contributed by atoms with Gasteiger partial charge in [0.1, 0.15) is 31.5 Å². The number of nitrogens with zero attached hydrogens (tertiary/aromatic N) is 1. The van der Waals surface area contributed by atoms with Crippen molar-refractivity contribution in [1.82, 2.24) is 4.90 Å². The van der Waals surface area contributed by atoms with Gasteiger partial charge in [-0.15, -0.1) is 0 Å². The first-order valence-electron chi connectivity index (χ1n) is 11.5. The van der Waals surface area contributed by atoms with Crippen LogP contribution in [0.2, 0.25) is 0 Å². The van der Waals surface area contributed by atoms with Crippen LogP contribution in [0.25, 0.3) is 0 Å². The Balaban J connectivity index is 1.50. The van der Waals surface area contributed by atoms with Gasteiger partial charge in [-0.3, -0.25) is 4.79 Å². The van der Waals surface area contributed by atoms with Gasteiger partial charge < -0.3 is 24.6 Å². The number of carbonyl (C=O) groups excluding carboxylic acids is 1. The van der Waals surface area contributed by atoms with E-state index in [1.54, 1.807) is 7.11 Å².